The molecular formula is C32H29ClF3NO6. The van der Waals surface area contributed by atoms with E-state index in [2.05, 4.69) is 4.74 Å². The number of aromatic nitrogens is 1. The largest absolute Gasteiger partial charge is 0.573 e. The van der Waals surface area contributed by atoms with Gasteiger partial charge in [0.2, 0.25) is 6.79 Å². The Morgan fingerprint density at radius 1 is 0.953 bits per heavy atom. The molecule has 1 saturated carbocycles. The first kappa shape index (κ1) is 30.3. The number of fused-ring (bicyclic) bond motifs is 1. The number of rotatable bonds is 9. The van der Waals surface area contributed by atoms with Crippen molar-refractivity contribution >= 4 is 28.5 Å². The number of carbonyl (C=O) groups excluding carboxylic acids is 1. The third-order valence-electron chi connectivity index (χ3n) is 7.17. The van der Waals surface area contributed by atoms with Crippen molar-refractivity contribution in [3.63, 3.8) is 0 Å². The van der Waals surface area contributed by atoms with E-state index < -0.39 is 6.36 Å². The van der Waals surface area contributed by atoms with Gasteiger partial charge in [-0.25, -0.2) is 0 Å². The average molecular weight is 616 g/mol. The Bertz CT molecular complexity index is 1590. The molecule has 1 aromatic heterocycles. The molecule has 226 valence electrons. The summed E-state index contributed by atoms with van der Waals surface area (Å²) in [7, 11) is 1.52. The molecule has 1 fully saturated rings. The fraction of sp³-hybridized carbons (Fsp3) is 0.312. The van der Waals surface area contributed by atoms with Crippen LogP contribution in [-0.2, 0) is 9.53 Å². The van der Waals surface area contributed by atoms with Gasteiger partial charge in [-0.3, -0.25) is 9.78 Å². The second-order valence-electron chi connectivity index (χ2n) is 10.1. The summed E-state index contributed by atoms with van der Waals surface area (Å²) in [4.78, 5) is 17.4. The van der Waals surface area contributed by atoms with E-state index >= 15 is 0 Å². The first-order valence-electron chi connectivity index (χ1n) is 13.7. The Balaban J connectivity index is 1.41. The van der Waals surface area contributed by atoms with Gasteiger partial charge in [-0.15, -0.1) is 13.2 Å². The van der Waals surface area contributed by atoms with Crippen molar-refractivity contribution in [3.8, 4) is 39.9 Å². The molecule has 5 rings (SSSR count). The minimum atomic E-state index is -4.77. The Hall–Kier alpha value is -4.18. The molecule has 43 heavy (non-hydrogen) atoms. The summed E-state index contributed by atoms with van der Waals surface area (Å²) in [6.07, 6.45) is 0.00900. The van der Waals surface area contributed by atoms with Gasteiger partial charge in [0.1, 0.15) is 28.7 Å². The highest BCUT2D eigenvalue weighted by Crippen LogP contribution is 2.42. The number of ether oxygens (including phenoxy) is 5. The second kappa shape index (κ2) is 13.0. The number of halogens is 4. The van der Waals surface area contributed by atoms with Gasteiger partial charge < -0.3 is 23.7 Å². The first-order valence-corrected chi connectivity index (χ1v) is 14.1. The Labute approximate surface area is 251 Å². The summed E-state index contributed by atoms with van der Waals surface area (Å²) in [5, 5.41) is 0.979. The first-order chi connectivity index (χ1) is 20.6. The maximum Gasteiger partial charge on any atom is 0.573 e. The third kappa shape index (κ3) is 7.43. The lowest BCUT2D eigenvalue weighted by atomic mass is 9.89. The minimum Gasteiger partial charge on any atom is -0.495 e. The molecule has 1 heterocycles. The van der Waals surface area contributed by atoms with Crippen LogP contribution in [0.2, 0.25) is 5.02 Å². The summed E-state index contributed by atoms with van der Waals surface area (Å²) in [6, 6.07) is 15.6. The van der Waals surface area contributed by atoms with Crippen molar-refractivity contribution in [2.45, 2.75) is 45.4 Å². The van der Waals surface area contributed by atoms with E-state index in [-0.39, 0.29) is 24.4 Å². The molecule has 3 aromatic carbocycles. The number of nitrogens with zero attached hydrogens (tertiary/aromatic N) is 1. The molecule has 1 aliphatic rings. The molecule has 0 unspecified atom stereocenters. The number of aryl methyl sites for hydroxylation is 1. The van der Waals surface area contributed by atoms with E-state index in [0.717, 1.165) is 37.7 Å². The van der Waals surface area contributed by atoms with E-state index in [1.165, 1.54) is 31.4 Å². The molecule has 7 nitrogen and oxygen atoms in total. The monoisotopic (exact) mass is 615 g/mol. The van der Waals surface area contributed by atoms with Crippen LogP contribution in [0.4, 0.5) is 13.2 Å². The van der Waals surface area contributed by atoms with E-state index in [4.69, 9.17) is 35.5 Å². The maximum atomic E-state index is 12.7. The molecule has 0 bridgehead atoms. The number of pyridine rings is 1. The van der Waals surface area contributed by atoms with Gasteiger partial charge >= 0.3 is 12.3 Å². The van der Waals surface area contributed by atoms with Crippen LogP contribution >= 0.6 is 11.6 Å². The fourth-order valence-electron chi connectivity index (χ4n) is 5.14. The molecule has 0 atom stereocenters. The lowest BCUT2D eigenvalue weighted by Gasteiger charge is -2.21. The zero-order chi connectivity index (χ0) is 30.6. The van der Waals surface area contributed by atoms with Gasteiger partial charge in [0, 0.05) is 22.7 Å². The van der Waals surface area contributed by atoms with Gasteiger partial charge in [0.05, 0.1) is 23.6 Å². The zero-order valence-electron chi connectivity index (χ0n) is 23.5. The highest BCUT2D eigenvalue weighted by molar-refractivity contribution is 6.33. The summed E-state index contributed by atoms with van der Waals surface area (Å²) in [6.45, 7) is 1.56. The Kier molecular flexibility index (Phi) is 9.15. The predicted octanol–water partition coefficient (Wildman–Crippen LogP) is 9.02. The number of hydrogen-bond donors (Lipinski definition) is 0. The van der Waals surface area contributed by atoms with Gasteiger partial charge in [-0.1, -0.05) is 43.0 Å². The number of benzene rings is 3. The highest BCUT2D eigenvalue weighted by Gasteiger charge is 2.31. The van der Waals surface area contributed by atoms with Gasteiger partial charge in [0.25, 0.3) is 0 Å². The molecule has 4 aromatic rings. The smallest absolute Gasteiger partial charge is 0.495 e. The lowest BCUT2D eigenvalue weighted by Crippen LogP contribution is -2.22. The van der Waals surface area contributed by atoms with Crippen LogP contribution in [0.5, 0.6) is 28.7 Å². The molecule has 1 aliphatic carbocycles. The number of hydrogen-bond acceptors (Lipinski definition) is 7. The normalized spacial score (nSPS) is 13.9. The van der Waals surface area contributed by atoms with Crippen molar-refractivity contribution in [2.24, 2.45) is 5.92 Å². The quantitative estimate of drug-likeness (QED) is 0.137. The zero-order valence-corrected chi connectivity index (χ0v) is 24.3. The second-order valence-corrected chi connectivity index (χ2v) is 10.5. The summed E-state index contributed by atoms with van der Waals surface area (Å²) in [5.74, 6) is 0.960. The summed E-state index contributed by atoms with van der Waals surface area (Å²) < 4.78 is 64.1. The molecule has 11 heteroatoms. The van der Waals surface area contributed by atoms with Crippen molar-refractivity contribution in [1.82, 2.24) is 4.98 Å². The lowest BCUT2D eigenvalue weighted by molar-refractivity contribution is -0.274. The van der Waals surface area contributed by atoms with Crippen LogP contribution in [0.3, 0.4) is 0 Å². The molecule has 0 saturated heterocycles. The van der Waals surface area contributed by atoms with Crippen molar-refractivity contribution < 1.29 is 41.7 Å². The fourth-order valence-corrected chi connectivity index (χ4v) is 5.38. The van der Waals surface area contributed by atoms with Gasteiger partial charge in [-0.05, 0) is 67.8 Å². The predicted molar refractivity (Wildman–Crippen MR) is 155 cm³/mol. The number of methoxy groups -OCH3 is 1. The van der Waals surface area contributed by atoms with Gasteiger partial charge in [-0.2, -0.15) is 0 Å². The molecular weight excluding hydrogens is 587 g/mol. The number of esters is 1. The average Bonchev–Trinajstić information content (AvgIpc) is 2.98. The maximum absolute atomic E-state index is 12.7. The topological polar surface area (TPSA) is 76.1 Å². The standard InChI is InChI=1S/C32H29ClF3NO6/c1-19-29(20-8-10-22(11-9-20)42-23-12-14-24(15-13-23)43-32(34,35)36)30(25-16-26(33)28(39-2)17-27(25)37-19)40-18-41-31(38)21-6-4-3-5-7-21/h8-17,21H,3-7,18H2,1-2H3. The van der Waals surface area contributed by atoms with Crippen LogP contribution in [0.25, 0.3) is 22.0 Å². The van der Waals surface area contributed by atoms with Crippen LogP contribution in [0.15, 0.2) is 60.7 Å². The molecule has 0 amide bonds. The van der Waals surface area contributed by atoms with E-state index in [1.807, 2.05) is 6.92 Å². The summed E-state index contributed by atoms with van der Waals surface area (Å²) in [5.41, 5.74) is 2.66. The van der Waals surface area contributed by atoms with Crippen molar-refractivity contribution in [2.75, 3.05) is 13.9 Å². The van der Waals surface area contributed by atoms with Gasteiger partial charge in [0.15, 0.2) is 0 Å². The van der Waals surface area contributed by atoms with Crippen LogP contribution in [0, 0.1) is 12.8 Å². The summed E-state index contributed by atoms with van der Waals surface area (Å²) >= 11 is 6.46. The SMILES string of the molecule is COc1cc2nc(C)c(-c3ccc(Oc4ccc(OC(F)(F)F)cc4)cc3)c(OCOC(=O)C3CCCCC3)c2cc1Cl. The third-order valence-corrected chi connectivity index (χ3v) is 7.47. The Morgan fingerprint density at radius 3 is 2.21 bits per heavy atom. The van der Waals surface area contributed by atoms with E-state index in [0.29, 0.717) is 50.2 Å². The van der Waals surface area contributed by atoms with Crippen molar-refractivity contribution in [3.05, 3.63) is 71.4 Å². The molecule has 0 aliphatic heterocycles. The number of carbonyl (C=O) groups is 1. The van der Waals surface area contributed by atoms with Crippen molar-refractivity contribution in [1.29, 1.82) is 0 Å². The molecule has 0 radical (unpaired) electrons. The van der Waals surface area contributed by atoms with E-state index in [1.54, 1.807) is 36.4 Å². The molecule has 0 N–H and O–H groups in total. The minimum absolute atomic E-state index is 0.118. The Morgan fingerprint density at radius 2 is 1.58 bits per heavy atom. The molecule has 0 spiro atoms. The van der Waals surface area contributed by atoms with Crippen LogP contribution in [0.1, 0.15) is 37.8 Å². The number of alkyl halides is 3. The highest BCUT2D eigenvalue weighted by atomic mass is 35.5. The van der Waals surface area contributed by atoms with Crippen LogP contribution in [-0.4, -0.2) is 31.2 Å². The van der Waals surface area contributed by atoms with E-state index in [9.17, 15) is 18.0 Å². The van der Waals surface area contributed by atoms with Crippen LogP contribution < -0.4 is 18.9 Å².